The van der Waals surface area contributed by atoms with Gasteiger partial charge in [-0.05, 0) is 75.6 Å². The number of carbonyl (C=O) groups is 5. The van der Waals surface area contributed by atoms with Crippen LogP contribution in [0, 0.1) is 17.8 Å². The van der Waals surface area contributed by atoms with Gasteiger partial charge in [0.1, 0.15) is 16.7 Å². The van der Waals surface area contributed by atoms with Crippen LogP contribution in [0.5, 0.6) is 0 Å². The summed E-state index contributed by atoms with van der Waals surface area (Å²) in [5, 5.41) is 17.7. The Labute approximate surface area is 343 Å². The zero-order valence-corrected chi connectivity index (χ0v) is 36.0. The maximum Gasteiger partial charge on any atom is 0.306 e. The van der Waals surface area contributed by atoms with Gasteiger partial charge >= 0.3 is 11.9 Å². The summed E-state index contributed by atoms with van der Waals surface area (Å²) in [6.45, 7) is 13.3. The topological polar surface area (TPSA) is 184 Å². The van der Waals surface area contributed by atoms with Gasteiger partial charge in [-0.25, -0.2) is 4.98 Å². The minimum absolute atomic E-state index is 0.0592. The Balaban J connectivity index is 1.78. The predicted octanol–water partition coefficient (Wildman–Crippen LogP) is 5.98. The minimum Gasteiger partial charge on any atom is -0.481 e. The van der Waals surface area contributed by atoms with Crippen molar-refractivity contribution in [3.8, 4) is 0 Å². The van der Waals surface area contributed by atoms with Crippen molar-refractivity contribution in [1.29, 1.82) is 0 Å². The van der Waals surface area contributed by atoms with Gasteiger partial charge in [-0.1, -0.05) is 90.6 Å². The van der Waals surface area contributed by atoms with Crippen molar-refractivity contribution in [1.82, 2.24) is 25.4 Å². The molecule has 318 valence electrons. The lowest BCUT2D eigenvalue weighted by Crippen LogP contribution is -2.58. The fourth-order valence-electron chi connectivity index (χ4n) is 7.60. The summed E-state index contributed by atoms with van der Waals surface area (Å²) in [7, 11) is 1.74. The third kappa shape index (κ3) is 15.1. The first kappa shape index (κ1) is 47.5. The molecule has 0 saturated carbocycles. The zero-order valence-electron chi connectivity index (χ0n) is 35.2. The number of unbranched alkanes of at least 4 members (excludes halogenated alkanes) is 3. The van der Waals surface area contributed by atoms with Crippen molar-refractivity contribution in [2.24, 2.45) is 23.5 Å². The molecule has 3 rings (SSSR count). The summed E-state index contributed by atoms with van der Waals surface area (Å²) in [6.07, 6.45) is 7.68. The Morgan fingerprint density at radius 2 is 1.72 bits per heavy atom. The smallest absolute Gasteiger partial charge is 0.306 e. The number of ether oxygens (including phenoxy) is 1. The Morgan fingerprint density at radius 1 is 1.02 bits per heavy atom. The number of likely N-dealkylation sites (N-methyl/N-ethyl adjacent to an activating group) is 1. The molecule has 0 aliphatic carbocycles. The number of hydrogen-bond acceptors (Lipinski definition) is 10. The first-order valence-corrected chi connectivity index (χ1v) is 21.8. The average Bonchev–Trinajstić information content (AvgIpc) is 3.68. The summed E-state index contributed by atoms with van der Waals surface area (Å²) in [5.41, 5.74) is 6.76. The van der Waals surface area contributed by atoms with Crippen molar-refractivity contribution >= 4 is 41.0 Å². The number of amides is 3. The number of carboxylic acids is 1. The van der Waals surface area contributed by atoms with Gasteiger partial charge in [0.25, 0.3) is 5.91 Å². The molecule has 1 saturated heterocycles. The number of carboxylic acid groups (broad SMARTS) is 1. The van der Waals surface area contributed by atoms with Crippen LogP contribution in [0.1, 0.15) is 133 Å². The van der Waals surface area contributed by atoms with Gasteiger partial charge in [-0.2, -0.15) is 0 Å². The minimum atomic E-state index is -0.945. The van der Waals surface area contributed by atoms with E-state index in [9.17, 15) is 29.1 Å². The number of thiazole rings is 1. The molecule has 14 heteroatoms. The lowest BCUT2D eigenvalue weighted by Gasteiger charge is -2.39. The molecule has 3 amide bonds. The number of benzene rings is 1. The number of rotatable bonds is 24. The number of hydrogen-bond donors (Lipinski definition) is 4. The van der Waals surface area contributed by atoms with Gasteiger partial charge in [-0.15, -0.1) is 11.3 Å². The quantitative estimate of drug-likeness (QED) is 0.0727. The van der Waals surface area contributed by atoms with Crippen molar-refractivity contribution in [2.75, 3.05) is 26.7 Å². The van der Waals surface area contributed by atoms with E-state index in [2.05, 4.69) is 20.5 Å². The van der Waals surface area contributed by atoms with Crippen molar-refractivity contribution in [2.45, 2.75) is 142 Å². The molecule has 0 bridgehead atoms. The fourth-order valence-corrected chi connectivity index (χ4v) is 8.44. The van der Waals surface area contributed by atoms with Crippen LogP contribution in [0.4, 0.5) is 0 Å². The molecule has 1 aromatic heterocycles. The maximum absolute atomic E-state index is 14.4. The summed E-state index contributed by atoms with van der Waals surface area (Å²) in [4.78, 5) is 74.6. The van der Waals surface area contributed by atoms with Crippen LogP contribution >= 0.6 is 11.3 Å². The van der Waals surface area contributed by atoms with Crippen LogP contribution in [0.15, 0.2) is 35.7 Å². The molecule has 57 heavy (non-hydrogen) atoms. The Morgan fingerprint density at radius 3 is 2.35 bits per heavy atom. The average molecular weight is 813 g/mol. The molecule has 7 atom stereocenters. The molecule has 13 nitrogen and oxygen atoms in total. The second-order valence-electron chi connectivity index (χ2n) is 16.1. The summed E-state index contributed by atoms with van der Waals surface area (Å²) in [6, 6.07) is 7.66. The second kappa shape index (κ2) is 24.1. The largest absolute Gasteiger partial charge is 0.481 e. The van der Waals surface area contributed by atoms with Gasteiger partial charge < -0.3 is 31.1 Å². The second-order valence-corrected chi connectivity index (χ2v) is 17.0. The summed E-state index contributed by atoms with van der Waals surface area (Å²) in [5.74, 6) is -3.11. The number of nitrogens with two attached hydrogens (primary N) is 1. The first-order valence-electron chi connectivity index (χ1n) is 20.9. The number of nitrogens with zero attached hydrogens (tertiary/aromatic N) is 3. The van der Waals surface area contributed by atoms with Crippen molar-refractivity contribution < 1.29 is 33.8 Å². The summed E-state index contributed by atoms with van der Waals surface area (Å²) < 4.78 is 5.81. The highest BCUT2D eigenvalue weighted by molar-refractivity contribution is 7.09. The Kier molecular flexibility index (Phi) is 20.1. The maximum atomic E-state index is 14.4. The van der Waals surface area contributed by atoms with E-state index in [4.69, 9.17) is 10.5 Å². The van der Waals surface area contributed by atoms with E-state index in [0.29, 0.717) is 24.4 Å². The Bertz CT molecular complexity index is 1570. The fraction of sp³-hybridized carbons (Fsp3) is 0.674. The number of nitrogens with one attached hydrogen (secondary N) is 2. The number of esters is 1. The van der Waals surface area contributed by atoms with E-state index in [0.717, 1.165) is 63.6 Å². The molecule has 1 aliphatic rings. The molecular weight excluding hydrogens is 745 g/mol. The molecule has 1 fully saturated rings. The molecule has 1 aliphatic heterocycles. The van der Waals surface area contributed by atoms with E-state index in [1.54, 1.807) is 24.3 Å². The third-order valence-electron chi connectivity index (χ3n) is 11.2. The normalized spacial score (nSPS) is 17.8. The monoisotopic (exact) mass is 812 g/mol. The molecule has 0 spiro atoms. The number of aliphatic carboxylic acids is 1. The SMILES string of the molecule is CC[C@H](C)[C@H](NC(=O)[C@H]1CCCCN1CCCCCCN)C(=O)N(C)[C@H](C[C@@H](OC(C)=O)c1nc(C(=O)N[C@@H](Cc2ccccc2)C[C@H](C)C(=O)O)cs1)C(C)C. The first-order chi connectivity index (χ1) is 27.2. The highest BCUT2D eigenvalue weighted by Gasteiger charge is 2.38. The van der Waals surface area contributed by atoms with Crippen LogP contribution in [0.3, 0.4) is 0 Å². The van der Waals surface area contributed by atoms with Gasteiger partial charge in [0, 0.05) is 37.9 Å². The highest BCUT2D eigenvalue weighted by Crippen LogP contribution is 2.31. The number of likely N-dealkylation sites (tertiary alicyclic amines) is 1. The van der Waals surface area contributed by atoms with E-state index in [1.165, 1.54) is 18.3 Å². The molecular formula is C43H68N6O7S. The van der Waals surface area contributed by atoms with Crippen LogP contribution in [0.2, 0.25) is 0 Å². The van der Waals surface area contributed by atoms with Gasteiger partial charge in [0.2, 0.25) is 11.8 Å². The van der Waals surface area contributed by atoms with E-state index >= 15 is 0 Å². The van der Waals surface area contributed by atoms with E-state index in [-0.39, 0.29) is 48.2 Å². The standard InChI is InChI=1S/C43H68N6O7S/c1-8-29(4)38(47-40(52)35-20-14-17-23-49(35)22-16-10-9-15-21-44)42(53)48(7)36(28(2)3)26-37(56-31(6)50)41-46-34(27-57-41)39(51)45-33(24-30(5)43(54)55)25-32-18-12-11-13-19-32/h11-13,18-19,27-30,33,35-38H,8-10,14-17,20-26,44H2,1-7H3,(H,45,51)(H,47,52)(H,54,55)/t29-,30-,33+,35+,36+,37+,38-/m0/s1. The third-order valence-corrected chi connectivity index (χ3v) is 12.2. The van der Waals surface area contributed by atoms with Crippen LogP contribution in [-0.4, -0.2) is 100 Å². The van der Waals surface area contributed by atoms with Crippen LogP contribution < -0.4 is 16.4 Å². The van der Waals surface area contributed by atoms with Gasteiger partial charge in [0.05, 0.1) is 12.0 Å². The van der Waals surface area contributed by atoms with Crippen molar-refractivity contribution in [3.63, 3.8) is 0 Å². The Hall–Kier alpha value is -3.88. The zero-order chi connectivity index (χ0) is 42.1. The molecule has 1 aromatic carbocycles. The van der Waals surface area contributed by atoms with Crippen LogP contribution in [-0.2, 0) is 30.3 Å². The highest BCUT2D eigenvalue weighted by atomic mass is 32.1. The lowest BCUT2D eigenvalue weighted by molar-refractivity contribution is -0.149. The summed E-state index contributed by atoms with van der Waals surface area (Å²) >= 11 is 1.19. The van der Waals surface area contributed by atoms with Gasteiger partial charge in [0.15, 0.2) is 6.10 Å². The molecule has 0 unspecified atom stereocenters. The lowest BCUT2D eigenvalue weighted by atomic mass is 9.92. The molecule has 2 heterocycles. The predicted molar refractivity (Wildman–Crippen MR) is 224 cm³/mol. The van der Waals surface area contributed by atoms with Crippen molar-refractivity contribution in [3.05, 3.63) is 52.0 Å². The molecule has 0 radical (unpaired) electrons. The van der Waals surface area contributed by atoms with Crippen LogP contribution in [0.25, 0.3) is 0 Å². The number of carbonyl (C=O) groups excluding carboxylic acids is 4. The van der Waals surface area contributed by atoms with E-state index in [1.807, 2.05) is 58.0 Å². The van der Waals surface area contributed by atoms with Gasteiger partial charge in [-0.3, -0.25) is 28.9 Å². The molecule has 5 N–H and O–H groups in total. The number of aromatic nitrogens is 1. The number of piperidine rings is 1. The van der Waals surface area contributed by atoms with E-state index < -0.39 is 48.0 Å². The molecule has 2 aromatic rings.